The summed E-state index contributed by atoms with van der Waals surface area (Å²) in [7, 11) is 0. The minimum Gasteiger partial charge on any atom is -0.371 e. The highest BCUT2D eigenvalue weighted by molar-refractivity contribution is 6.13. The number of ether oxygens (including phenoxy) is 1. The van der Waals surface area contributed by atoms with Crippen molar-refractivity contribution in [3.05, 3.63) is 10.4 Å². The molecule has 98 valence electrons. The third-order valence-electron chi connectivity index (χ3n) is 2.84. The van der Waals surface area contributed by atoms with Crippen LogP contribution in [0.15, 0.2) is 5.11 Å². The Kier molecular flexibility index (Phi) is 5.14. The monoisotopic (exact) mass is 259 g/mol. The Morgan fingerprint density at radius 3 is 2.11 bits per heavy atom. The fourth-order valence-electron chi connectivity index (χ4n) is 1.80. The molecule has 0 saturated carbocycles. The van der Waals surface area contributed by atoms with Gasteiger partial charge in [-0.25, -0.2) is 0 Å². The number of carbonyl (C=O) groups excluding carboxylic acids is 2. The number of ketones is 2. The standard InChI is InChI=1S/C13H13N3O3/c1-3-5-7-10(17)13(15-16-14,12-9-19-12)11(18)8-6-4-2/h1-2,12H,5-9H2. The first-order chi connectivity index (χ1) is 9.13. The number of rotatable bonds is 8. The van der Waals surface area contributed by atoms with Crippen LogP contribution in [0.3, 0.4) is 0 Å². The van der Waals surface area contributed by atoms with Crippen molar-refractivity contribution in [3.63, 3.8) is 0 Å². The number of nitrogens with zero attached hydrogens (tertiary/aromatic N) is 3. The molecule has 0 aromatic heterocycles. The van der Waals surface area contributed by atoms with Crippen molar-refractivity contribution in [2.24, 2.45) is 5.11 Å². The molecule has 1 atom stereocenters. The van der Waals surface area contributed by atoms with Crippen LogP contribution in [0.1, 0.15) is 25.7 Å². The lowest BCUT2D eigenvalue weighted by atomic mass is 9.82. The highest BCUT2D eigenvalue weighted by atomic mass is 16.6. The summed E-state index contributed by atoms with van der Waals surface area (Å²) in [6, 6.07) is 0. The van der Waals surface area contributed by atoms with Gasteiger partial charge in [0.1, 0.15) is 6.10 Å². The van der Waals surface area contributed by atoms with Gasteiger partial charge in [-0.2, -0.15) is 0 Å². The van der Waals surface area contributed by atoms with Crippen molar-refractivity contribution in [2.75, 3.05) is 6.61 Å². The molecule has 1 rings (SSSR count). The van der Waals surface area contributed by atoms with Crippen LogP contribution < -0.4 is 0 Å². The lowest BCUT2D eigenvalue weighted by molar-refractivity contribution is -0.135. The van der Waals surface area contributed by atoms with E-state index >= 15 is 0 Å². The zero-order chi connectivity index (χ0) is 14.3. The fraction of sp³-hybridized carbons (Fsp3) is 0.538. The quantitative estimate of drug-likeness (QED) is 0.164. The van der Waals surface area contributed by atoms with Crippen LogP contribution in [0.2, 0.25) is 0 Å². The summed E-state index contributed by atoms with van der Waals surface area (Å²) in [5.41, 5.74) is 6.84. The molecule has 0 aromatic rings. The number of azide groups is 1. The normalized spacial score (nSPS) is 16.6. The van der Waals surface area contributed by atoms with E-state index in [-0.39, 0.29) is 32.3 Å². The van der Waals surface area contributed by atoms with Crippen LogP contribution >= 0.6 is 0 Å². The zero-order valence-corrected chi connectivity index (χ0v) is 10.3. The maximum absolute atomic E-state index is 12.2. The lowest BCUT2D eigenvalue weighted by Gasteiger charge is -2.23. The first kappa shape index (κ1) is 14.8. The first-order valence-corrected chi connectivity index (χ1v) is 5.74. The smallest absolute Gasteiger partial charge is 0.193 e. The zero-order valence-electron chi connectivity index (χ0n) is 10.3. The van der Waals surface area contributed by atoms with Crippen molar-refractivity contribution >= 4 is 11.6 Å². The number of epoxide rings is 1. The molecule has 0 bridgehead atoms. The van der Waals surface area contributed by atoms with Gasteiger partial charge in [0.2, 0.25) is 0 Å². The number of hydrogen-bond acceptors (Lipinski definition) is 4. The van der Waals surface area contributed by atoms with Crippen molar-refractivity contribution in [2.45, 2.75) is 37.3 Å². The van der Waals surface area contributed by atoms with Gasteiger partial charge in [-0.1, -0.05) is 5.11 Å². The third kappa shape index (κ3) is 3.14. The topological polar surface area (TPSA) is 95.4 Å². The molecule has 0 aliphatic carbocycles. The summed E-state index contributed by atoms with van der Waals surface area (Å²) in [5, 5.41) is 3.44. The Hall–Kier alpha value is -2.27. The van der Waals surface area contributed by atoms with Gasteiger partial charge in [0.15, 0.2) is 17.1 Å². The van der Waals surface area contributed by atoms with E-state index < -0.39 is 23.2 Å². The summed E-state index contributed by atoms with van der Waals surface area (Å²) in [4.78, 5) is 27.0. The number of Topliss-reactive ketones (excluding diaryl/α,β-unsaturated/α-hetero) is 2. The van der Waals surface area contributed by atoms with Gasteiger partial charge in [-0.15, -0.1) is 24.7 Å². The van der Waals surface area contributed by atoms with Crippen LogP contribution in [0, 0.1) is 24.7 Å². The highest BCUT2D eigenvalue weighted by Gasteiger charge is 2.56. The van der Waals surface area contributed by atoms with E-state index in [1.807, 2.05) is 0 Å². The minimum absolute atomic E-state index is 0.0306. The number of terminal acetylenes is 2. The van der Waals surface area contributed by atoms with Crippen LogP contribution in [0.5, 0.6) is 0 Å². The van der Waals surface area contributed by atoms with Gasteiger partial charge in [0, 0.05) is 30.6 Å². The first-order valence-electron chi connectivity index (χ1n) is 5.74. The Morgan fingerprint density at radius 2 is 1.79 bits per heavy atom. The Balaban J connectivity index is 3.04. The number of hydrogen-bond donors (Lipinski definition) is 0. The minimum atomic E-state index is -1.80. The Morgan fingerprint density at radius 1 is 1.32 bits per heavy atom. The van der Waals surface area contributed by atoms with Crippen molar-refractivity contribution < 1.29 is 14.3 Å². The summed E-state index contributed by atoms with van der Waals surface area (Å²) in [5.74, 6) is 3.61. The molecule has 1 aliphatic rings. The van der Waals surface area contributed by atoms with Gasteiger partial charge < -0.3 is 4.74 Å². The third-order valence-corrected chi connectivity index (χ3v) is 2.84. The maximum Gasteiger partial charge on any atom is 0.193 e. The largest absolute Gasteiger partial charge is 0.371 e. The second-order valence-corrected chi connectivity index (χ2v) is 4.03. The fourth-order valence-corrected chi connectivity index (χ4v) is 1.80. The van der Waals surface area contributed by atoms with Gasteiger partial charge in [0.25, 0.3) is 0 Å². The predicted octanol–water partition coefficient (Wildman–Crippen LogP) is 1.40. The molecule has 1 fully saturated rings. The van der Waals surface area contributed by atoms with E-state index in [1.165, 1.54) is 0 Å². The molecule has 0 N–H and O–H groups in total. The Labute approximate surface area is 111 Å². The average molecular weight is 259 g/mol. The summed E-state index contributed by atoms with van der Waals surface area (Å²) in [6.45, 7) is 0.211. The lowest BCUT2D eigenvalue weighted by Crippen LogP contribution is -2.49. The van der Waals surface area contributed by atoms with Gasteiger partial charge in [-0.3, -0.25) is 9.59 Å². The molecule has 6 nitrogen and oxygen atoms in total. The molecule has 0 amide bonds. The number of carbonyl (C=O) groups is 2. The molecular weight excluding hydrogens is 246 g/mol. The van der Waals surface area contributed by atoms with E-state index in [2.05, 4.69) is 21.9 Å². The summed E-state index contributed by atoms with van der Waals surface area (Å²) in [6.07, 6.45) is 9.79. The molecule has 0 aromatic carbocycles. The summed E-state index contributed by atoms with van der Waals surface area (Å²) >= 11 is 0. The average Bonchev–Trinajstić information content (AvgIpc) is 3.24. The predicted molar refractivity (Wildman–Crippen MR) is 67.8 cm³/mol. The van der Waals surface area contributed by atoms with Crippen LogP contribution in [0.25, 0.3) is 10.4 Å². The van der Waals surface area contributed by atoms with E-state index in [4.69, 9.17) is 23.1 Å². The molecule has 1 aliphatic heterocycles. The molecule has 6 heteroatoms. The molecular formula is C13H13N3O3. The summed E-state index contributed by atoms with van der Waals surface area (Å²) < 4.78 is 5.02. The van der Waals surface area contributed by atoms with E-state index in [0.717, 1.165) is 0 Å². The molecule has 0 spiro atoms. The van der Waals surface area contributed by atoms with Crippen LogP contribution in [-0.2, 0) is 14.3 Å². The molecule has 0 radical (unpaired) electrons. The van der Waals surface area contributed by atoms with E-state index in [9.17, 15) is 9.59 Å². The van der Waals surface area contributed by atoms with E-state index in [1.54, 1.807) is 0 Å². The van der Waals surface area contributed by atoms with Gasteiger partial charge >= 0.3 is 0 Å². The van der Waals surface area contributed by atoms with Crippen LogP contribution in [-0.4, -0.2) is 29.8 Å². The second-order valence-electron chi connectivity index (χ2n) is 4.03. The van der Waals surface area contributed by atoms with Gasteiger partial charge in [-0.05, 0) is 5.53 Å². The Bertz CT molecular complexity index is 472. The maximum atomic E-state index is 12.2. The van der Waals surface area contributed by atoms with E-state index in [0.29, 0.717) is 0 Å². The molecule has 19 heavy (non-hydrogen) atoms. The van der Waals surface area contributed by atoms with Crippen molar-refractivity contribution in [1.29, 1.82) is 0 Å². The molecule has 1 heterocycles. The second kappa shape index (κ2) is 6.61. The molecule has 1 saturated heterocycles. The van der Waals surface area contributed by atoms with Crippen molar-refractivity contribution in [3.8, 4) is 24.7 Å². The van der Waals surface area contributed by atoms with Crippen molar-refractivity contribution in [1.82, 2.24) is 0 Å². The van der Waals surface area contributed by atoms with Gasteiger partial charge in [0.05, 0.1) is 6.61 Å². The SMILES string of the molecule is C#CCCC(=O)C(N=[N+]=[N-])(C(=O)CCC#C)C1CO1. The highest BCUT2D eigenvalue weighted by Crippen LogP contribution is 2.33. The molecule has 1 unspecified atom stereocenters. The van der Waals surface area contributed by atoms with Crippen LogP contribution in [0.4, 0.5) is 0 Å².